The van der Waals surface area contributed by atoms with Crippen molar-refractivity contribution in [2.24, 2.45) is 5.41 Å². The first-order valence-electron chi connectivity index (χ1n) is 5.69. The molecule has 1 saturated heterocycles. The van der Waals surface area contributed by atoms with Crippen LogP contribution in [-0.2, 0) is 0 Å². The monoisotopic (exact) mass is 213 g/mol. The van der Waals surface area contributed by atoms with Crippen molar-refractivity contribution in [1.82, 2.24) is 4.90 Å². The Morgan fingerprint density at radius 3 is 2.64 bits per heavy atom. The van der Waals surface area contributed by atoms with Crippen LogP contribution < -0.4 is 0 Å². The van der Waals surface area contributed by atoms with Crippen molar-refractivity contribution in [2.75, 3.05) is 25.5 Å². The van der Waals surface area contributed by atoms with Crippen molar-refractivity contribution in [3.63, 3.8) is 0 Å². The zero-order valence-electron chi connectivity index (χ0n) is 8.90. The first kappa shape index (κ1) is 10.5. The molecule has 2 heteroatoms. The Kier molecular flexibility index (Phi) is 3.18. The van der Waals surface area contributed by atoms with Crippen molar-refractivity contribution >= 4 is 11.6 Å². The minimum atomic E-state index is 0.615. The van der Waals surface area contributed by atoms with Crippen LogP contribution in [0.2, 0.25) is 0 Å². The van der Waals surface area contributed by atoms with Crippen LogP contribution in [0.5, 0.6) is 0 Å². The fraction of sp³-hybridized carbons (Fsp3) is 0.833. The van der Waals surface area contributed by atoms with Gasteiger partial charge in [-0.25, -0.2) is 0 Å². The number of alkyl halides is 1. The summed E-state index contributed by atoms with van der Waals surface area (Å²) in [6, 6.07) is 0. The highest BCUT2D eigenvalue weighted by Crippen LogP contribution is 2.45. The SMILES string of the molecule is C=C(CCl)CN1CCC2(CCCC2)C1. The molecular formula is C12H20ClN. The molecule has 2 rings (SSSR count). The average molecular weight is 214 g/mol. The van der Waals surface area contributed by atoms with E-state index in [1.54, 1.807) is 0 Å². The van der Waals surface area contributed by atoms with Crippen molar-refractivity contribution in [1.29, 1.82) is 0 Å². The largest absolute Gasteiger partial charge is 0.299 e. The lowest BCUT2D eigenvalue weighted by Crippen LogP contribution is -2.27. The van der Waals surface area contributed by atoms with Crippen LogP contribution in [0.15, 0.2) is 12.2 Å². The lowest BCUT2D eigenvalue weighted by atomic mass is 9.86. The molecule has 0 aromatic heterocycles. The van der Waals surface area contributed by atoms with Crippen LogP contribution in [0.25, 0.3) is 0 Å². The van der Waals surface area contributed by atoms with Gasteiger partial charge in [0.25, 0.3) is 0 Å². The van der Waals surface area contributed by atoms with Gasteiger partial charge in [0.05, 0.1) is 0 Å². The summed E-state index contributed by atoms with van der Waals surface area (Å²) in [7, 11) is 0. The quantitative estimate of drug-likeness (QED) is 0.515. The molecule has 2 aliphatic rings. The predicted octanol–water partition coefficient (Wildman–Crippen LogP) is 3.05. The number of rotatable bonds is 3. The molecule has 0 aromatic carbocycles. The molecule has 80 valence electrons. The number of likely N-dealkylation sites (tertiary alicyclic amines) is 1. The lowest BCUT2D eigenvalue weighted by molar-refractivity contribution is 0.273. The summed E-state index contributed by atoms with van der Waals surface area (Å²) in [6.07, 6.45) is 7.21. The molecule has 0 radical (unpaired) electrons. The standard InChI is InChI=1S/C12H20ClN/c1-11(8-13)9-14-7-6-12(10-14)4-2-3-5-12/h1-10H2. The van der Waals surface area contributed by atoms with Crippen LogP contribution in [0.3, 0.4) is 0 Å². The van der Waals surface area contributed by atoms with E-state index in [0.29, 0.717) is 11.3 Å². The second-order valence-electron chi connectivity index (χ2n) is 5.05. The summed E-state index contributed by atoms with van der Waals surface area (Å²) in [4.78, 5) is 2.54. The second-order valence-corrected chi connectivity index (χ2v) is 5.32. The van der Waals surface area contributed by atoms with Gasteiger partial charge in [-0.15, -0.1) is 11.6 Å². The molecule has 1 saturated carbocycles. The maximum Gasteiger partial charge on any atom is 0.0443 e. The highest BCUT2D eigenvalue weighted by atomic mass is 35.5. The molecule has 0 bridgehead atoms. The van der Waals surface area contributed by atoms with E-state index in [0.717, 1.165) is 6.54 Å². The van der Waals surface area contributed by atoms with E-state index in [4.69, 9.17) is 11.6 Å². The Morgan fingerprint density at radius 2 is 2.00 bits per heavy atom. The van der Waals surface area contributed by atoms with Gasteiger partial charge in [-0.05, 0) is 36.8 Å². The summed E-state index contributed by atoms with van der Waals surface area (Å²) in [6.45, 7) is 7.55. The zero-order chi connectivity index (χ0) is 10.0. The lowest BCUT2D eigenvalue weighted by Gasteiger charge is -2.23. The van der Waals surface area contributed by atoms with E-state index in [2.05, 4.69) is 11.5 Å². The minimum absolute atomic E-state index is 0.615. The van der Waals surface area contributed by atoms with Gasteiger partial charge in [0.2, 0.25) is 0 Å². The molecule has 0 N–H and O–H groups in total. The van der Waals surface area contributed by atoms with Gasteiger partial charge >= 0.3 is 0 Å². The maximum absolute atomic E-state index is 5.76. The summed E-state index contributed by atoms with van der Waals surface area (Å²) >= 11 is 5.76. The predicted molar refractivity (Wildman–Crippen MR) is 61.8 cm³/mol. The normalized spacial score (nSPS) is 26.1. The van der Waals surface area contributed by atoms with E-state index >= 15 is 0 Å². The van der Waals surface area contributed by atoms with E-state index in [1.165, 1.54) is 50.8 Å². The first-order valence-corrected chi connectivity index (χ1v) is 6.23. The Bertz CT molecular complexity index is 218. The third kappa shape index (κ3) is 2.14. The van der Waals surface area contributed by atoms with Gasteiger partial charge in [0, 0.05) is 19.0 Å². The molecule has 1 aliphatic heterocycles. The maximum atomic E-state index is 5.76. The molecule has 1 nitrogen and oxygen atoms in total. The molecule has 14 heavy (non-hydrogen) atoms. The molecule has 0 unspecified atom stereocenters. The van der Waals surface area contributed by atoms with E-state index < -0.39 is 0 Å². The van der Waals surface area contributed by atoms with E-state index in [9.17, 15) is 0 Å². The van der Waals surface area contributed by atoms with Crippen molar-refractivity contribution < 1.29 is 0 Å². The Labute approximate surface area is 92.1 Å². The Balaban J connectivity index is 1.85. The van der Waals surface area contributed by atoms with Gasteiger partial charge in [-0.2, -0.15) is 0 Å². The molecule has 0 atom stereocenters. The fourth-order valence-electron chi connectivity index (χ4n) is 3.05. The molecule has 2 fully saturated rings. The van der Waals surface area contributed by atoms with E-state index in [1.807, 2.05) is 0 Å². The van der Waals surface area contributed by atoms with Crippen LogP contribution in [-0.4, -0.2) is 30.4 Å². The first-order chi connectivity index (χ1) is 6.74. The minimum Gasteiger partial charge on any atom is -0.299 e. The van der Waals surface area contributed by atoms with Crippen molar-refractivity contribution in [2.45, 2.75) is 32.1 Å². The zero-order valence-corrected chi connectivity index (χ0v) is 9.65. The summed E-state index contributed by atoms with van der Waals surface area (Å²) in [5.41, 5.74) is 1.86. The second kappa shape index (κ2) is 4.24. The Hall–Kier alpha value is -0.0100. The fourth-order valence-corrected chi connectivity index (χ4v) is 3.14. The Morgan fingerprint density at radius 1 is 1.29 bits per heavy atom. The van der Waals surface area contributed by atoms with Crippen molar-refractivity contribution in [3.8, 4) is 0 Å². The van der Waals surface area contributed by atoms with Gasteiger partial charge in [-0.1, -0.05) is 19.4 Å². The third-order valence-corrected chi connectivity index (χ3v) is 4.20. The van der Waals surface area contributed by atoms with Crippen LogP contribution in [0, 0.1) is 5.41 Å². The molecular weight excluding hydrogens is 194 g/mol. The van der Waals surface area contributed by atoms with E-state index in [-0.39, 0.29) is 0 Å². The van der Waals surface area contributed by atoms with Crippen LogP contribution >= 0.6 is 11.6 Å². The molecule has 0 amide bonds. The highest BCUT2D eigenvalue weighted by molar-refractivity contribution is 6.19. The number of halogens is 1. The molecule has 1 aliphatic carbocycles. The summed E-state index contributed by atoms with van der Waals surface area (Å²) < 4.78 is 0. The number of hydrogen-bond donors (Lipinski definition) is 0. The summed E-state index contributed by atoms with van der Waals surface area (Å²) in [5, 5.41) is 0. The number of hydrogen-bond acceptors (Lipinski definition) is 1. The number of nitrogens with zero attached hydrogens (tertiary/aromatic N) is 1. The van der Waals surface area contributed by atoms with Gasteiger partial charge in [-0.3, -0.25) is 4.90 Å². The summed E-state index contributed by atoms with van der Waals surface area (Å²) in [5.74, 6) is 0.615. The van der Waals surface area contributed by atoms with Gasteiger partial charge in [0.15, 0.2) is 0 Å². The molecule has 1 heterocycles. The topological polar surface area (TPSA) is 3.24 Å². The van der Waals surface area contributed by atoms with Crippen molar-refractivity contribution in [3.05, 3.63) is 12.2 Å². The third-order valence-electron chi connectivity index (χ3n) is 3.82. The highest BCUT2D eigenvalue weighted by Gasteiger charge is 2.39. The van der Waals surface area contributed by atoms with Gasteiger partial charge < -0.3 is 0 Å². The van der Waals surface area contributed by atoms with Crippen LogP contribution in [0.4, 0.5) is 0 Å². The average Bonchev–Trinajstić information content (AvgIpc) is 2.78. The van der Waals surface area contributed by atoms with Gasteiger partial charge in [0.1, 0.15) is 0 Å². The van der Waals surface area contributed by atoms with Crippen LogP contribution in [0.1, 0.15) is 32.1 Å². The smallest absolute Gasteiger partial charge is 0.0443 e. The molecule has 1 spiro atoms. The molecule has 0 aromatic rings.